The van der Waals surface area contributed by atoms with Crippen LogP contribution in [0.4, 0.5) is 10.2 Å². The van der Waals surface area contributed by atoms with Gasteiger partial charge in [-0.25, -0.2) is 18.9 Å². The maximum absolute atomic E-state index is 13.2. The zero-order chi connectivity index (χ0) is 21.7. The van der Waals surface area contributed by atoms with Crippen LogP contribution < -0.4 is 5.32 Å². The van der Waals surface area contributed by atoms with Crippen LogP contribution in [0.25, 0.3) is 27.7 Å². The van der Waals surface area contributed by atoms with Gasteiger partial charge in [0.25, 0.3) is 0 Å². The van der Waals surface area contributed by atoms with Gasteiger partial charge in [-0.15, -0.1) is 0 Å². The number of aryl methyl sites for hydroxylation is 1. The van der Waals surface area contributed by atoms with Gasteiger partial charge in [-0.2, -0.15) is 5.10 Å². The minimum atomic E-state index is -1.06. The molecular weight excluding hydrogens is 399 g/mol. The van der Waals surface area contributed by atoms with E-state index >= 15 is 0 Å². The van der Waals surface area contributed by atoms with E-state index < -0.39 is 18.2 Å². The van der Waals surface area contributed by atoms with Gasteiger partial charge in [0.1, 0.15) is 18.3 Å². The van der Waals surface area contributed by atoms with E-state index in [1.54, 1.807) is 23.0 Å². The van der Waals surface area contributed by atoms with Gasteiger partial charge < -0.3 is 10.4 Å². The summed E-state index contributed by atoms with van der Waals surface area (Å²) in [6.45, 7) is 3.87. The van der Waals surface area contributed by atoms with E-state index in [2.05, 4.69) is 25.4 Å². The van der Waals surface area contributed by atoms with Crippen LogP contribution in [0.15, 0.2) is 36.9 Å². The summed E-state index contributed by atoms with van der Waals surface area (Å²) >= 11 is 0. The molecule has 8 nitrogen and oxygen atoms in total. The maximum Gasteiger partial charge on any atom is 0.231 e. The number of nitrogens with one attached hydrogen (secondary N) is 1. The van der Waals surface area contributed by atoms with Crippen molar-refractivity contribution in [2.24, 2.45) is 5.92 Å². The quantitative estimate of drug-likeness (QED) is 0.513. The highest BCUT2D eigenvalue weighted by Crippen LogP contribution is 2.35. The molecule has 1 unspecified atom stereocenters. The molecule has 1 saturated carbocycles. The summed E-state index contributed by atoms with van der Waals surface area (Å²) in [4.78, 5) is 25.2. The zero-order valence-electron chi connectivity index (χ0n) is 17.1. The Morgan fingerprint density at radius 2 is 2.06 bits per heavy atom. The SMILES string of the molecule is CCC(O)c1cc(C)c(-c2cc3cnc(NC(=O)[C@H]4C[C@H]4F)cc3n3ncnc23)cn1. The smallest absolute Gasteiger partial charge is 0.231 e. The number of halogens is 1. The number of pyridine rings is 3. The molecule has 2 N–H and O–H groups in total. The maximum atomic E-state index is 13.2. The minimum absolute atomic E-state index is 0.261. The second-order valence-electron chi connectivity index (χ2n) is 7.88. The molecule has 9 heteroatoms. The second-order valence-corrected chi connectivity index (χ2v) is 7.88. The molecular formula is C22H21FN6O2. The molecule has 4 aromatic heterocycles. The van der Waals surface area contributed by atoms with Crippen LogP contribution in [0.3, 0.4) is 0 Å². The number of rotatable bonds is 5. The largest absolute Gasteiger partial charge is 0.387 e. The van der Waals surface area contributed by atoms with Crippen molar-refractivity contribution in [3.63, 3.8) is 0 Å². The number of anilines is 1. The number of aliphatic hydroxyl groups is 1. The van der Waals surface area contributed by atoms with Gasteiger partial charge in [-0.05, 0) is 37.5 Å². The first-order valence-electron chi connectivity index (χ1n) is 10.2. The van der Waals surface area contributed by atoms with Crippen LogP contribution in [0, 0.1) is 12.8 Å². The molecule has 4 aromatic rings. The molecule has 0 radical (unpaired) electrons. The number of alkyl halides is 1. The number of fused-ring (bicyclic) bond motifs is 3. The summed E-state index contributed by atoms with van der Waals surface area (Å²) in [6, 6.07) is 5.55. The number of amides is 1. The predicted molar refractivity (Wildman–Crippen MR) is 113 cm³/mol. The van der Waals surface area contributed by atoms with Crippen LogP contribution in [0.2, 0.25) is 0 Å². The average Bonchev–Trinajstić information content (AvgIpc) is 3.30. The summed E-state index contributed by atoms with van der Waals surface area (Å²) in [5, 5.41) is 17.9. The Kier molecular flexibility index (Phi) is 4.62. The van der Waals surface area contributed by atoms with Gasteiger partial charge >= 0.3 is 0 Å². The first-order chi connectivity index (χ1) is 15.0. The average molecular weight is 420 g/mol. The van der Waals surface area contributed by atoms with Crippen molar-refractivity contribution in [2.75, 3.05) is 5.32 Å². The molecule has 0 bridgehead atoms. The Labute approximate surface area is 177 Å². The van der Waals surface area contributed by atoms with Crippen LogP contribution in [0.1, 0.15) is 37.1 Å². The standard InChI is InChI=1S/C22H21FN6O2/c1-3-19(30)17-4-11(2)15(9-24-17)13-5-12-8-25-20(28-22(31)14-6-16(14)23)7-18(12)29-21(13)26-10-27-29/h4-5,7-10,14,16,19,30H,3,6H2,1-2H3,(H,25,28,31)/t14-,16+,19?/m0/s1. The molecule has 5 rings (SSSR count). The molecule has 1 amide bonds. The molecule has 31 heavy (non-hydrogen) atoms. The van der Waals surface area contributed by atoms with Crippen LogP contribution in [-0.4, -0.2) is 41.8 Å². The summed E-state index contributed by atoms with van der Waals surface area (Å²) in [5.74, 6) is -0.602. The first-order valence-corrected chi connectivity index (χ1v) is 10.2. The Hall–Kier alpha value is -3.46. The molecule has 3 atom stereocenters. The number of aromatic nitrogens is 5. The fourth-order valence-electron chi connectivity index (χ4n) is 3.74. The number of hydrogen-bond acceptors (Lipinski definition) is 6. The van der Waals surface area contributed by atoms with Crippen molar-refractivity contribution in [1.82, 2.24) is 24.6 Å². The normalized spacial score (nSPS) is 19.0. The number of carbonyl (C=O) groups is 1. The molecule has 4 heterocycles. The van der Waals surface area contributed by atoms with Crippen molar-refractivity contribution in [3.8, 4) is 11.1 Å². The Morgan fingerprint density at radius 1 is 1.26 bits per heavy atom. The third kappa shape index (κ3) is 3.40. The molecule has 1 aliphatic rings. The van der Waals surface area contributed by atoms with Gasteiger partial charge in [0.2, 0.25) is 5.91 Å². The molecule has 0 aliphatic heterocycles. The van der Waals surface area contributed by atoms with Gasteiger partial charge in [0.05, 0.1) is 23.2 Å². The van der Waals surface area contributed by atoms with E-state index in [4.69, 9.17) is 0 Å². The van der Waals surface area contributed by atoms with E-state index in [-0.39, 0.29) is 12.3 Å². The summed E-state index contributed by atoms with van der Waals surface area (Å²) in [6.07, 6.45) is 4.04. The Balaban J connectivity index is 1.58. The highest BCUT2D eigenvalue weighted by Gasteiger charge is 2.43. The fourth-order valence-corrected chi connectivity index (χ4v) is 3.74. The topological polar surface area (TPSA) is 105 Å². The lowest BCUT2D eigenvalue weighted by molar-refractivity contribution is -0.117. The van der Waals surface area contributed by atoms with E-state index in [1.165, 1.54) is 6.33 Å². The number of hydrogen-bond donors (Lipinski definition) is 2. The number of nitrogens with zero attached hydrogens (tertiary/aromatic N) is 5. The minimum Gasteiger partial charge on any atom is -0.387 e. The van der Waals surface area contributed by atoms with Crippen LogP contribution >= 0.6 is 0 Å². The van der Waals surface area contributed by atoms with E-state index in [1.807, 2.05) is 26.0 Å². The molecule has 0 aromatic carbocycles. The van der Waals surface area contributed by atoms with Crippen molar-refractivity contribution in [3.05, 3.63) is 48.2 Å². The van der Waals surface area contributed by atoms with E-state index in [9.17, 15) is 14.3 Å². The number of carbonyl (C=O) groups excluding carboxylic acids is 1. The van der Waals surface area contributed by atoms with Crippen molar-refractivity contribution in [1.29, 1.82) is 0 Å². The van der Waals surface area contributed by atoms with E-state index in [0.29, 0.717) is 23.6 Å². The fraction of sp³-hybridized carbons (Fsp3) is 0.318. The second kappa shape index (κ2) is 7.35. The molecule has 0 saturated heterocycles. The summed E-state index contributed by atoms with van der Waals surface area (Å²) in [7, 11) is 0. The molecule has 1 fully saturated rings. The van der Waals surface area contributed by atoms with Crippen LogP contribution in [0.5, 0.6) is 0 Å². The third-order valence-corrected chi connectivity index (χ3v) is 5.68. The van der Waals surface area contributed by atoms with Crippen molar-refractivity contribution < 1.29 is 14.3 Å². The zero-order valence-corrected chi connectivity index (χ0v) is 17.1. The van der Waals surface area contributed by atoms with Crippen LogP contribution in [-0.2, 0) is 4.79 Å². The van der Waals surface area contributed by atoms with E-state index in [0.717, 1.165) is 27.6 Å². The Bertz CT molecular complexity index is 1320. The lowest BCUT2D eigenvalue weighted by Gasteiger charge is -2.13. The Morgan fingerprint density at radius 3 is 2.77 bits per heavy atom. The van der Waals surface area contributed by atoms with Gasteiger partial charge in [-0.1, -0.05) is 6.92 Å². The lowest BCUT2D eigenvalue weighted by Crippen LogP contribution is -2.16. The monoisotopic (exact) mass is 420 g/mol. The highest BCUT2D eigenvalue weighted by molar-refractivity contribution is 5.97. The van der Waals surface area contributed by atoms with Gasteiger partial charge in [0, 0.05) is 35.0 Å². The molecule has 1 aliphatic carbocycles. The third-order valence-electron chi connectivity index (χ3n) is 5.68. The number of aliphatic hydroxyl groups excluding tert-OH is 1. The van der Waals surface area contributed by atoms with Gasteiger partial charge in [-0.3, -0.25) is 9.78 Å². The van der Waals surface area contributed by atoms with Crippen molar-refractivity contribution in [2.45, 2.75) is 39.0 Å². The highest BCUT2D eigenvalue weighted by atomic mass is 19.1. The lowest BCUT2D eigenvalue weighted by atomic mass is 10.0. The van der Waals surface area contributed by atoms with Gasteiger partial charge in [0.15, 0.2) is 5.65 Å². The summed E-state index contributed by atoms with van der Waals surface area (Å²) in [5.41, 5.74) is 4.67. The molecule has 0 spiro atoms. The molecule has 158 valence electrons. The van der Waals surface area contributed by atoms with Crippen molar-refractivity contribution >= 4 is 28.3 Å². The first kappa shape index (κ1) is 19.5. The predicted octanol–water partition coefficient (Wildman–Crippen LogP) is 3.39. The summed E-state index contributed by atoms with van der Waals surface area (Å²) < 4.78 is 14.8.